The van der Waals surface area contributed by atoms with Crippen LogP contribution in [0.3, 0.4) is 0 Å². The van der Waals surface area contributed by atoms with Gasteiger partial charge in [0, 0.05) is 32.1 Å². The Labute approximate surface area is 156 Å². The number of rotatable bonds is 4. The molecule has 1 atom stereocenters. The molecule has 2 amide bonds. The zero-order valence-electron chi connectivity index (χ0n) is 16.3. The maximum Gasteiger partial charge on any atom is 0.244 e. The summed E-state index contributed by atoms with van der Waals surface area (Å²) in [5.41, 5.74) is 2.21. The van der Waals surface area contributed by atoms with Gasteiger partial charge >= 0.3 is 0 Å². The van der Waals surface area contributed by atoms with E-state index in [1.54, 1.807) is 0 Å². The normalized spacial score (nSPS) is 19.8. The second-order valence-electron chi connectivity index (χ2n) is 7.85. The van der Waals surface area contributed by atoms with Crippen molar-refractivity contribution in [1.82, 2.24) is 14.7 Å². The van der Waals surface area contributed by atoms with Crippen LogP contribution in [0, 0.1) is 12.8 Å². The summed E-state index contributed by atoms with van der Waals surface area (Å²) in [6.07, 6.45) is 3.83. The van der Waals surface area contributed by atoms with Crippen LogP contribution in [0.5, 0.6) is 0 Å². The van der Waals surface area contributed by atoms with Crippen molar-refractivity contribution in [2.45, 2.75) is 38.6 Å². The van der Waals surface area contributed by atoms with Crippen LogP contribution in [-0.4, -0.2) is 66.8 Å². The van der Waals surface area contributed by atoms with Crippen LogP contribution >= 0.6 is 0 Å². The standard InChI is InChI=1S/C21H31N3O2/c1-16-8-4-5-9-18(16)19(22(2)3)21(26)24-14-10-17(11-15-24)20(25)23-12-6-7-13-23/h4-5,8-9,17,19H,6-7,10-15H2,1-3H3. The van der Waals surface area contributed by atoms with Gasteiger partial charge in [0.15, 0.2) is 0 Å². The average Bonchev–Trinajstić information content (AvgIpc) is 3.17. The van der Waals surface area contributed by atoms with Crippen LogP contribution in [0.1, 0.15) is 42.9 Å². The molecule has 2 aliphatic heterocycles. The fourth-order valence-electron chi connectivity index (χ4n) is 4.24. The second-order valence-corrected chi connectivity index (χ2v) is 7.85. The third kappa shape index (κ3) is 3.93. The molecule has 0 bridgehead atoms. The van der Waals surface area contributed by atoms with Crippen molar-refractivity contribution >= 4 is 11.8 Å². The molecule has 142 valence electrons. The summed E-state index contributed by atoms with van der Waals surface area (Å²) in [5.74, 6) is 0.544. The number of piperidine rings is 1. The summed E-state index contributed by atoms with van der Waals surface area (Å²) in [7, 11) is 3.91. The number of likely N-dealkylation sites (tertiary alicyclic amines) is 2. The molecule has 2 aliphatic rings. The van der Waals surface area contributed by atoms with E-state index in [9.17, 15) is 9.59 Å². The maximum atomic E-state index is 13.2. The van der Waals surface area contributed by atoms with E-state index in [1.165, 1.54) is 0 Å². The third-order valence-corrected chi connectivity index (χ3v) is 5.81. The number of nitrogens with zero attached hydrogens (tertiary/aromatic N) is 3. The molecule has 0 radical (unpaired) electrons. The first kappa shape index (κ1) is 18.9. The highest BCUT2D eigenvalue weighted by atomic mass is 16.2. The molecule has 2 saturated heterocycles. The fraction of sp³-hybridized carbons (Fsp3) is 0.619. The summed E-state index contributed by atoms with van der Waals surface area (Å²) in [6.45, 7) is 5.24. The molecule has 0 aliphatic carbocycles. The molecule has 3 rings (SSSR count). The molecule has 1 aromatic rings. The van der Waals surface area contributed by atoms with Gasteiger partial charge in [-0.15, -0.1) is 0 Å². The lowest BCUT2D eigenvalue weighted by atomic mass is 9.93. The lowest BCUT2D eigenvalue weighted by molar-refractivity contribution is -0.142. The Morgan fingerprint density at radius 1 is 1.00 bits per heavy atom. The molecule has 5 nitrogen and oxygen atoms in total. The van der Waals surface area contributed by atoms with E-state index in [4.69, 9.17) is 0 Å². The predicted octanol–water partition coefficient (Wildman–Crippen LogP) is 2.46. The quantitative estimate of drug-likeness (QED) is 0.831. The molecular weight excluding hydrogens is 326 g/mol. The van der Waals surface area contributed by atoms with E-state index in [0.717, 1.165) is 49.9 Å². The summed E-state index contributed by atoms with van der Waals surface area (Å²) in [6, 6.07) is 7.84. The summed E-state index contributed by atoms with van der Waals surface area (Å²) in [4.78, 5) is 31.8. The Hall–Kier alpha value is -1.88. The predicted molar refractivity (Wildman–Crippen MR) is 103 cm³/mol. The summed E-state index contributed by atoms with van der Waals surface area (Å²) >= 11 is 0. The molecule has 1 aromatic carbocycles. The van der Waals surface area contributed by atoms with Crippen LogP contribution in [0.25, 0.3) is 0 Å². The molecule has 1 unspecified atom stereocenters. The topological polar surface area (TPSA) is 43.9 Å². The lowest BCUT2D eigenvalue weighted by Gasteiger charge is -2.36. The van der Waals surface area contributed by atoms with E-state index >= 15 is 0 Å². The van der Waals surface area contributed by atoms with E-state index in [1.807, 2.05) is 47.0 Å². The number of benzene rings is 1. The molecule has 0 N–H and O–H groups in total. The van der Waals surface area contributed by atoms with Crippen LogP contribution < -0.4 is 0 Å². The number of aryl methyl sites for hydroxylation is 1. The van der Waals surface area contributed by atoms with Crippen molar-refractivity contribution in [3.05, 3.63) is 35.4 Å². The molecule has 2 fully saturated rings. The summed E-state index contributed by atoms with van der Waals surface area (Å²) < 4.78 is 0. The minimum atomic E-state index is -0.262. The van der Waals surface area contributed by atoms with Crippen molar-refractivity contribution in [2.75, 3.05) is 40.3 Å². The van der Waals surface area contributed by atoms with Gasteiger partial charge in [-0.3, -0.25) is 14.5 Å². The zero-order valence-corrected chi connectivity index (χ0v) is 16.3. The van der Waals surface area contributed by atoms with Gasteiger partial charge in [-0.05, 0) is 57.8 Å². The minimum Gasteiger partial charge on any atom is -0.342 e. The van der Waals surface area contributed by atoms with E-state index < -0.39 is 0 Å². The van der Waals surface area contributed by atoms with Crippen LogP contribution in [0.4, 0.5) is 0 Å². The molecule has 2 heterocycles. The molecule has 5 heteroatoms. The Morgan fingerprint density at radius 3 is 2.19 bits per heavy atom. The fourth-order valence-corrected chi connectivity index (χ4v) is 4.24. The highest BCUT2D eigenvalue weighted by molar-refractivity contribution is 5.84. The molecule has 0 saturated carbocycles. The smallest absolute Gasteiger partial charge is 0.244 e. The molecule has 26 heavy (non-hydrogen) atoms. The first-order valence-electron chi connectivity index (χ1n) is 9.78. The van der Waals surface area contributed by atoms with Crippen molar-refractivity contribution in [2.24, 2.45) is 5.92 Å². The number of likely N-dealkylation sites (N-methyl/N-ethyl adjacent to an activating group) is 1. The van der Waals surface area contributed by atoms with Crippen molar-refractivity contribution < 1.29 is 9.59 Å². The minimum absolute atomic E-state index is 0.0911. The van der Waals surface area contributed by atoms with Gasteiger partial charge in [0.1, 0.15) is 6.04 Å². The van der Waals surface area contributed by atoms with Gasteiger partial charge in [0.05, 0.1) is 0 Å². The largest absolute Gasteiger partial charge is 0.342 e. The van der Waals surface area contributed by atoms with Gasteiger partial charge in [-0.2, -0.15) is 0 Å². The lowest BCUT2D eigenvalue weighted by Crippen LogP contribution is -2.47. The first-order chi connectivity index (χ1) is 12.5. The van der Waals surface area contributed by atoms with Gasteiger partial charge in [0.2, 0.25) is 11.8 Å². The van der Waals surface area contributed by atoms with Crippen molar-refractivity contribution in [3.8, 4) is 0 Å². The second kappa shape index (κ2) is 8.21. The van der Waals surface area contributed by atoms with Crippen LogP contribution in [0.2, 0.25) is 0 Å². The number of hydrogen-bond acceptors (Lipinski definition) is 3. The van der Waals surface area contributed by atoms with Crippen LogP contribution in [-0.2, 0) is 9.59 Å². The van der Waals surface area contributed by atoms with E-state index in [2.05, 4.69) is 13.0 Å². The van der Waals surface area contributed by atoms with E-state index in [-0.39, 0.29) is 17.9 Å². The summed E-state index contributed by atoms with van der Waals surface area (Å²) in [5, 5.41) is 0. The SMILES string of the molecule is Cc1ccccc1C(C(=O)N1CCC(C(=O)N2CCCC2)CC1)N(C)C. The monoisotopic (exact) mass is 357 g/mol. The number of hydrogen-bond donors (Lipinski definition) is 0. The highest BCUT2D eigenvalue weighted by Gasteiger charge is 2.34. The van der Waals surface area contributed by atoms with E-state index in [0.29, 0.717) is 19.0 Å². The third-order valence-electron chi connectivity index (χ3n) is 5.81. The van der Waals surface area contributed by atoms with Gasteiger partial charge in [0.25, 0.3) is 0 Å². The van der Waals surface area contributed by atoms with Crippen molar-refractivity contribution in [1.29, 1.82) is 0 Å². The zero-order chi connectivity index (χ0) is 18.7. The number of carbonyl (C=O) groups excluding carboxylic acids is 2. The molecule has 0 spiro atoms. The first-order valence-corrected chi connectivity index (χ1v) is 9.78. The Kier molecular flexibility index (Phi) is 5.97. The Bertz CT molecular complexity index is 644. The van der Waals surface area contributed by atoms with Gasteiger partial charge in [-0.1, -0.05) is 24.3 Å². The van der Waals surface area contributed by atoms with Crippen LogP contribution in [0.15, 0.2) is 24.3 Å². The maximum absolute atomic E-state index is 13.2. The van der Waals surface area contributed by atoms with Gasteiger partial charge in [-0.25, -0.2) is 0 Å². The van der Waals surface area contributed by atoms with Crippen molar-refractivity contribution in [3.63, 3.8) is 0 Å². The average molecular weight is 357 g/mol. The van der Waals surface area contributed by atoms with Gasteiger partial charge < -0.3 is 9.80 Å². The highest BCUT2D eigenvalue weighted by Crippen LogP contribution is 2.28. The Balaban J connectivity index is 1.65. The molecular formula is C21H31N3O2. The number of carbonyl (C=O) groups is 2. The number of amides is 2. The molecule has 0 aromatic heterocycles. The Morgan fingerprint density at radius 2 is 1.62 bits per heavy atom.